The summed E-state index contributed by atoms with van der Waals surface area (Å²) in [6.07, 6.45) is 7.86. The van der Waals surface area contributed by atoms with Gasteiger partial charge in [-0.15, -0.1) is 0 Å². The summed E-state index contributed by atoms with van der Waals surface area (Å²) < 4.78 is 31.6. The van der Waals surface area contributed by atoms with Crippen LogP contribution in [-0.4, -0.2) is 41.4 Å². The van der Waals surface area contributed by atoms with E-state index >= 15 is 0 Å². The molecule has 1 saturated heterocycles. The molecule has 0 saturated carbocycles. The molecule has 1 aromatic heterocycles. The van der Waals surface area contributed by atoms with Gasteiger partial charge in [0.25, 0.3) is 10.2 Å². The lowest BCUT2D eigenvalue weighted by Gasteiger charge is -2.28. The monoisotopic (exact) mass is 312 g/mol. The fourth-order valence-corrected chi connectivity index (χ4v) is 4.75. The zero-order valence-corrected chi connectivity index (χ0v) is 13.4. The lowest BCUT2D eigenvalue weighted by Crippen LogP contribution is -2.48. The van der Waals surface area contributed by atoms with Gasteiger partial charge in [-0.1, -0.05) is 12.8 Å². The topological polar surface area (TPSA) is 67.2 Å². The van der Waals surface area contributed by atoms with E-state index in [0.717, 1.165) is 50.0 Å². The lowest BCUT2D eigenvalue weighted by atomic mass is 10.1. The predicted octanol–water partition coefficient (Wildman–Crippen LogP) is 1.22. The van der Waals surface area contributed by atoms with Crippen LogP contribution in [0.25, 0.3) is 0 Å². The maximum absolute atomic E-state index is 12.5. The van der Waals surface area contributed by atoms with Gasteiger partial charge in [-0.3, -0.25) is 0 Å². The normalized spacial score (nSPS) is 24.5. The molecule has 6 nitrogen and oxygen atoms in total. The summed E-state index contributed by atoms with van der Waals surface area (Å²) in [4.78, 5) is 4.46. The average Bonchev–Trinajstić information content (AvgIpc) is 2.64. The van der Waals surface area contributed by atoms with Crippen molar-refractivity contribution in [2.24, 2.45) is 0 Å². The molecule has 1 fully saturated rings. The van der Waals surface area contributed by atoms with Gasteiger partial charge in [-0.25, -0.2) is 4.98 Å². The Morgan fingerprint density at radius 1 is 1.24 bits per heavy atom. The first-order chi connectivity index (χ1) is 10.0. The molecule has 0 spiro atoms. The van der Waals surface area contributed by atoms with Crippen molar-refractivity contribution in [3.05, 3.63) is 17.7 Å². The third-order valence-electron chi connectivity index (χ3n) is 4.33. The Labute approximate surface area is 126 Å². The molecule has 3 rings (SSSR count). The van der Waals surface area contributed by atoms with E-state index in [4.69, 9.17) is 0 Å². The Morgan fingerprint density at radius 3 is 2.67 bits per heavy atom. The van der Waals surface area contributed by atoms with E-state index in [0.29, 0.717) is 19.6 Å². The van der Waals surface area contributed by atoms with Gasteiger partial charge >= 0.3 is 0 Å². The van der Waals surface area contributed by atoms with Crippen molar-refractivity contribution >= 4 is 10.2 Å². The van der Waals surface area contributed by atoms with Crippen LogP contribution in [0.4, 0.5) is 0 Å². The van der Waals surface area contributed by atoms with Gasteiger partial charge in [0, 0.05) is 38.3 Å². The van der Waals surface area contributed by atoms with E-state index in [2.05, 4.69) is 14.3 Å². The van der Waals surface area contributed by atoms with Crippen LogP contribution < -0.4 is 4.72 Å². The lowest BCUT2D eigenvalue weighted by molar-refractivity contribution is 0.379. The summed E-state index contributed by atoms with van der Waals surface area (Å²) >= 11 is 0. The van der Waals surface area contributed by atoms with E-state index in [9.17, 15) is 8.42 Å². The van der Waals surface area contributed by atoms with Crippen molar-refractivity contribution < 1.29 is 8.42 Å². The molecular formula is C14H24N4O2S. The minimum atomic E-state index is -3.35. The molecule has 3 heterocycles. The molecule has 2 aliphatic heterocycles. The molecule has 1 aromatic rings. The van der Waals surface area contributed by atoms with Gasteiger partial charge in [-0.2, -0.15) is 17.4 Å². The quantitative estimate of drug-likeness (QED) is 0.912. The second kappa shape index (κ2) is 6.06. The van der Waals surface area contributed by atoms with Crippen LogP contribution in [0, 0.1) is 6.92 Å². The third-order valence-corrected chi connectivity index (χ3v) is 6.01. The van der Waals surface area contributed by atoms with Crippen molar-refractivity contribution in [1.82, 2.24) is 18.6 Å². The van der Waals surface area contributed by atoms with Crippen molar-refractivity contribution in [2.75, 3.05) is 13.1 Å². The number of fused-ring (bicyclic) bond motifs is 1. The Bertz CT molecular complexity index is 588. The molecule has 1 atom stereocenters. The number of hydrogen-bond donors (Lipinski definition) is 1. The summed E-state index contributed by atoms with van der Waals surface area (Å²) in [6.45, 7) is 3.96. The highest BCUT2D eigenvalue weighted by molar-refractivity contribution is 7.87. The first-order valence-electron chi connectivity index (χ1n) is 7.85. The van der Waals surface area contributed by atoms with Crippen LogP contribution in [0.2, 0.25) is 0 Å². The van der Waals surface area contributed by atoms with Crippen molar-refractivity contribution in [1.29, 1.82) is 0 Å². The zero-order chi connectivity index (χ0) is 14.9. The fraction of sp³-hybridized carbons (Fsp3) is 0.786. The van der Waals surface area contributed by atoms with Crippen LogP contribution in [0.5, 0.6) is 0 Å². The van der Waals surface area contributed by atoms with E-state index in [-0.39, 0.29) is 6.04 Å². The van der Waals surface area contributed by atoms with E-state index in [1.165, 1.54) is 0 Å². The van der Waals surface area contributed by atoms with E-state index < -0.39 is 10.2 Å². The summed E-state index contributed by atoms with van der Waals surface area (Å²) in [7, 11) is -3.35. The first-order valence-corrected chi connectivity index (χ1v) is 9.29. The van der Waals surface area contributed by atoms with Crippen LogP contribution in [0.15, 0.2) is 6.20 Å². The number of aryl methyl sites for hydroxylation is 2. The van der Waals surface area contributed by atoms with Gasteiger partial charge in [-0.05, 0) is 26.2 Å². The standard InChI is InChI=1S/C14H24N4O2S/c1-12-10-17-11-13(6-7-14(17)15-12)16-21(19,20)18-8-4-2-3-5-9-18/h10,13,16H,2-9,11H2,1H3. The highest BCUT2D eigenvalue weighted by atomic mass is 32.2. The molecule has 7 heteroatoms. The molecular weight excluding hydrogens is 288 g/mol. The summed E-state index contributed by atoms with van der Waals surface area (Å²) in [6, 6.07) is -0.0284. The van der Waals surface area contributed by atoms with Gasteiger partial charge in [0.15, 0.2) is 0 Å². The summed E-state index contributed by atoms with van der Waals surface area (Å²) in [5.41, 5.74) is 1.00. The largest absolute Gasteiger partial charge is 0.333 e. The van der Waals surface area contributed by atoms with Crippen molar-refractivity contribution in [2.45, 2.75) is 58.0 Å². The SMILES string of the molecule is Cc1cn2c(n1)CCC(NS(=O)(=O)N1CCCCCC1)C2. The van der Waals surface area contributed by atoms with Gasteiger partial charge in [0.2, 0.25) is 0 Å². The average molecular weight is 312 g/mol. The minimum Gasteiger partial charge on any atom is -0.333 e. The molecule has 0 aliphatic carbocycles. The molecule has 1 unspecified atom stereocenters. The Kier molecular flexibility index (Phi) is 4.33. The van der Waals surface area contributed by atoms with Crippen LogP contribution in [0.1, 0.15) is 43.6 Å². The van der Waals surface area contributed by atoms with Crippen LogP contribution in [-0.2, 0) is 23.2 Å². The van der Waals surface area contributed by atoms with Gasteiger partial charge < -0.3 is 4.57 Å². The van der Waals surface area contributed by atoms with E-state index in [1.54, 1.807) is 4.31 Å². The Morgan fingerprint density at radius 2 is 1.95 bits per heavy atom. The highest BCUT2D eigenvalue weighted by Gasteiger charge is 2.28. The van der Waals surface area contributed by atoms with Crippen molar-refractivity contribution in [3.8, 4) is 0 Å². The second-order valence-corrected chi connectivity index (χ2v) is 7.82. The second-order valence-electron chi connectivity index (χ2n) is 6.12. The molecule has 0 amide bonds. The Balaban J connectivity index is 1.66. The molecule has 2 aliphatic rings. The molecule has 0 aromatic carbocycles. The van der Waals surface area contributed by atoms with Gasteiger partial charge in [0.05, 0.1) is 5.69 Å². The van der Waals surface area contributed by atoms with Crippen LogP contribution in [0.3, 0.4) is 0 Å². The number of rotatable bonds is 3. The number of nitrogens with one attached hydrogen (secondary N) is 1. The van der Waals surface area contributed by atoms with E-state index in [1.807, 2.05) is 13.1 Å². The fourth-order valence-electron chi connectivity index (χ4n) is 3.25. The summed E-state index contributed by atoms with van der Waals surface area (Å²) in [5, 5.41) is 0. The number of nitrogens with zero attached hydrogens (tertiary/aromatic N) is 3. The zero-order valence-electron chi connectivity index (χ0n) is 12.6. The minimum absolute atomic E-state index is 0.0284. The maximum Gasteiger partial charge on any atom is 0.279 e. The number of imidazole rings is 1. The predicted molar refractivity (Wildman–Crippen MR) is 81.2 cm³/mol. The highest BCUT2D eigenvalue weighted by Crippen LogP contribution is 2.18. The molecule has 21 heavy (non-hydrogen) atoms. The number of hydrogen-bond acceptors (Lipinski definition) is 3. The smallest absolute Gasteiger partial charge is 0.279 e. The number of aromatic nitrogens is 2. The third kappa shape index (κ3) is 3.46. The Hall–Kier alpha value is -0.920. The molecule has 0 radical (unpaired) electrons. The first kappa shape index (κ1) is 15.0. The molecule has 0 bridgehead atoms. The maximum atomic E-state index is 12.5. The molecule has 1 N–H and O–H groups in total. The van der Waals surface area contributed by atoms with Gasteiger partial charge in [0.1, 0.15) is 5.82 Å². The van der Waals surface area contributed by atoms with Crippen LogP contribution >= 0.6 is 0 Å². The van der Waals surface area contributed by atoms with Crippen molar-refractivity contribution in [3.63, 3.8) is 0 Å². The molecule has 118 valence electrons. The summed E-state index contributed by atoms with van der Waals surface area (Å²) in [5.74, 6) is 1.07.